The molecule has 0 radical (unpaired) electrons. The summed E-state index contributed by atoms with van der Waals surface area (Å²) >= 11 is 0. The van der Waals surface area contributed by atoms with Crippen LogP contribution in [0.1, 0.15) is 38.2 Å². The predicted molar refractivity (Wildman–Crippen MR) is 99.8 cm³/mol. The summed E-state index contributed by atoms with van der Waals surface area (Å²) in [5.41, 5.74) is 2.92. The maximum absolute atomic E-state index is 13.0. The largest absolute Gasteiger partial charge is 0.469 e. The number of likely N-dealkylation sites (N-methyl/N-ethyl adjacent to an activating group) is 1. The van der Waals surface area contributed by atoms with Crippen molar-refractivity contribution in [3.05, 3.63) is 29.8 Å². The lowest BCUT2D eigenvalue weighted by Crippen LogP contribution is -2.67. The molecule has 3 spiro atoms. The van der Waals surface area contributed by atoms with E-state index >= 15 is 0 Å². The summed E-state index contributed by atoms with van der Waals surface area (Å²) in [6.07, 6.45) is 4.76. The molecule has 7 atom stereocenters. The number of nitrogens with zero attached hydrogens (tertiary/aromatic N) is 1. The Morgan fingerprint density at radius 1 is 1.27 bits per heavy atom. The molecule has 0 aromatic heterocycles. The molecule has 2 saturated carbocycles. The van der Waals surface area contributed by atoms with Gasteiger partial charge in [0.15, 0.2) is 0 Å². The van der Waals surface area contributed by atoms with Crippen LogP contribution in [0.4, 0.5) is 5.69 Å². The lowest BCUT2D eigenvalue weighted by atomic mass is 9.56. The first-order valence-corrected chi connectivity index (χ1v) is 10.3. The first-order valence-electron chi connectivity index (χ1n) is 10.3. The number of hydrogen-bond donors (Lipinski definition) is 1. The summed E-state index contributed by atoms with van der Waals surface area (Å²) in [6, 6.07) is 9.52. The Morgan fingerprint density at radius 3 is 2.88 bits per heavy atom. The van der Waals surface area contributed by atoms with E-state index in [1.165, 1.54) is 48.1 Å². The molecule has 2 aliphatic carbocycles. The highest BCUT2D eigenvalue weighted by atomic mass is 16.5. The Balaban J connectivity index is 1.69. The smallest absolute Gasteiger partial charge is 0.311 e. The van der Waals surface area contributed by atoms with Crippen molar-refractivity contribution in [1.82, 2.24) is 0 Å². The SMILES string of the molecule is COC(=O)[C@@H]1C[C@]23CCC[N@+]4(C)CC[C@]5(c6ccccc6N[C@@]15[C@H]2C)[C@@H]34. The molecule has 1 aromatic carbocycles. The van der Waals surface area contributed by atoms with Crippen LogP contribution in [0.25, 0.3) is 0 Å². The number of anilines is 1. The zero-order valence-corrected chi connectivity index (χ0v) is 16.0. The number of fused-ring (bicyclic) bond motifs is 1. The molecule has 3 heterocycles. The van der Waals surface area contributed by atoms with Gasteiger partial charge in [-0.2, -0.15) is 0 Å². The van der Waals surface area contributed by atoms with Gasteiger partial charge in [0.2, 0.25) is 0 Å². The zero-order chi connectivity index (χ0) is 17.9. The summed E-state index contributed by atoms with van der Waals surface area (Å²) in [5.74, 6) is 0.462. The molecule has 0 amide bonds. The highest BCUT2D eigenvalue weighted by molar-refractivity contribution is 5.82. The van der Waals surface area contributed by atoms with Gasteiger partial charge in [0, 0.05) is 17.5 Å². The topological polar surface area (TPSA) is 38.3 Å². The minimum atomic E-state index is -0.172. The summed E-state index contributed by atoms with van der Waals surface area (Å²) in [4.78, 5) is 13.0. The standard InChI is InChI=1S/C22H29N2O2/c1-14-20-9-6-11-24(2)12-10-21(19(20)24)15-7-4-5-8-17(15)23-22(14,21)16(13-20)18(25)26-3/h4-5,7-8,14,16,19,23H,6,9-13H2,1-3H3/q+1/t14-,16-,19+,20+,21-,22-,24+/m0/s1. The average Bonchev–Trinajstić information content (AvgIpc) is 3.27. The van der Waals surface area contributed by atoms with Crippen LogP contribution in [0.15, 0.2) is 24.3 Å². The van der Waals surface area contributed by atoms with Crippen molar-refractivity contribution in [2.45, 2.75) is 49.6 Å². The fourth-order valence-electron chi connectivity index (χ4n) is 9.19. The van der Waals surface area contributed by atoms with Crippen LogP contribution >= 0.6 is 0 Å². The number of hydrogen-bond acceptors (Lipinski definition) is 3. The molecule has 0 unspecified atom stereocenters. The number of piperidine rings is 1. The monoisotopic (exact) mass is 353 g/mol. The van der Waals surface area contributed by atoms with Crippen molar-refractivity contribution in [1.29, 1.82) is 0 Å². The van der Waals surface area contributed by atoms with Crippen LogP contribution in [0.3, 0.4) is 0 Å². The zero-order valence-electron chi connectivity index (χ0n) is 16.0. The fourth-order valence-corrected chi connectivity index (χ4v) is 9.19. The molecule has 2 saturated heterocycles. The lowest BCUT2D eigenvalue weighted by Gasteiger charge is -2.54. The maximum Gasteiger partial charge on any atom is 0.311 e. The highest BCUT2D eigenvalue weighted by Crippen LogP contribution is 2.80. The van der Waals surface area contributed by atoms with E-state index in [0.29, 0.717) is 12.0 Å². The molecule has 5 aliphatic rings. The predicted octanol–water partition coefficient (Wildman–Crippen LogP) is 2.93. The molecule has 1 aromatic rings. The molecule has 4 nitrogen and oxygen atoms in total. The molecule has 6 rings (SSSR count). The van der Waals surface area contributed by atoms with Gasteiger partial charge in [-0.15, -0.1) is 0 Å². The average molecular weight is 353 g/mol. The summed E-state index contributed by atoms with van der Waals surface area (Å²) in [5, 5.41) is 3.99. The molecule has 4 fully saturated rings. The number of quaternary nitrogens is 1. The van der Waals surface area contributed by atoms with E-state index in [-0.39, 0.29) is 28.3 Å². The van der Waals surface area contributed by atoms with Crippen LogP contribution in [0.2, 0.25) is 0 Å². The molecule has 26 heavy (non-hydrogen) atoms. The van der Waals surface area contributed by atoms with Gasteiger partial charge in [0.1, 0.15) is 6.04 Å². The second-order valence-electron chi connectivity index (χ2n) is 9.93. The Morgan fingerprint density at radius 2 is 2.08 bits per heavy atom. The van der Waals surface area contributed by atoms with Crippen LogP contribution in [-0.2, 0) is 14.9 Å². The van der Waals surface area contributed by atoms with E-state index in [1.54, 1.807) is 7.11 Å². The minimum absolute atomic E-state index is 0.00136. The fraction of sp³-hybridized carbons (Fsp3) is 0.682. The van der Waals surface area contributed by atoms with Gasteiger partial charge in [0.25, 0.3) is 0 Å². The summed E-state index contributed by atoms with van der Waals surface area (Å²) in [7, 11) is 4.06. The first-order chi connectivity index (χ1) is 12.5. The van der Waals surface area contributed by atoms with Crippen molar-refractivity contribution in [3.8, 4) is 0 Å². The van der Waals surface area contributed by atoms with E-state index in [1.807, 2.05) is 0 Å². The first kappa shape index (κ1) is 15.5. The van der Waals surface area contributed by atoms with Gasteiger partial charge >= 0.3 is 5.97 Å². The Bertz CT molecular complexity index is 839. The second-order valence-corrected chi connectivity index (χ2v) is 9.93. The number of carbonyl (C=O) groups is 1. The number of esters is 1. The van der Waals surface area contributed by atoms with E-state index in [4.69, 9.17) is 4.74 Å². The number of nitrogens with one attached hydrogen (secondary N) is 1. The summed E-state index contributed by atoms with van der Waals surface area (Å²) < 4.78 is 6.56. The summed E-state index contributed by atoms with van der Waals surface area (Å²) in [6.45, 7) is 4.98. The van der Waals surface area contributed by atoms with Crippen molar-refractivity contribution in [2.75, 3.05) is 32.6 Å². The van der Waals surface area contributed by atoms with Gasteiger partial charge in [-0.25, -0.2) is 0 Å². The number of para-hydroxylation sites is 1. The molecule has 138 valence electrons. The van der Waals surface area contributed by atoms with Gasteiger partial charge in [-0.3, -0.25) is 4.79 Å². The van der Waals surface area contributed by atoms with Crippen molar-refractivity contribution >= 4 is 11.7 Å². The van der Waals surface area contributed by atoms with Gasteiger partial charge in [0.05, 0.1) is 44.1 Å². The number of benzene rings is 1. The number of ether oxygens (including phenoxy) is 1. The van der Waals surface area contributed by atoms with E-state index < -0.39 is 0 Å². The molecular formula is C22H29N2O2+. The van der Waals surface area contributed by atoms with Crippen molar-refractivity contribution in [2.24, 2.45) is 17.3 Å². The van der Waals surface area contributed by atoms with Crippen molar-refractivity contribution < 1.29 is 14.0 Å². The second kappa shape index (κ2) is 4.30. The normalized spacial score (nSPS) is 52.2. The van der Waals surface area contributed by atoms with E-state index in [0.717, 1.165) is 6.42 Å². The highest BCUT2D eigenvalue weighted by Gasteiger charge is 2.89. The quantitative estimate of drug-likeness (QED) is 0.623. The third kappa shape index (κ3) is 1.24. The Labute approximate surface area is 155 Å². The lowest BCUT2D eigenvalue weighted by molar-refractivity contribution is -0.936. The van der Waals surface area contributed by atoms with E-state index in [2.05, 4.69) is 43.6 Å². The Hall–Kier alpha value is -1.55. The molecule has 2 bridgehead atoms. The van der Waals surface area contributed by atoms with Gasteiger partial charge in [-0.05, 0) is 36.8 Å². The van der Waals surface area contributed by atoms with Crippen molar-refractivity contribution in [3.63, 3.8) is 0 Å². The minimum Gasteiger partial charge on any atom is -0.469 e. The Kier molecular flexibility index (Phi) is 2.56. The van der Waals surface area contributed by atoms with Crippen LogP contribution in [0.5, 0.6) is 0 Å². The number of carbonyl (C=O) groups excluding carboxylic acids is 1. The molecule has 1 N–H and O–H groups in total. The van der Waals surface area contributed by atoms with E-state index in [9.17, 15) is 4.79 Å². The third-order valence-electron chi connectivity index (χ3n) is 9.62. The van der Waals surface area contributed by atoms with Gasteiger partial charge in [-0.1, -0.05) is 25.1 Å². The molecule has 4 heteroatoms. The van der Waals surface area contributed by atoms with Crippen LogP contribution < -0.4 is 5.32 Å². The van der Waals surface area contributed by atoms with Gasteiger partial charge < -0.3 is 14.5 Å². The van der Waals surface area contributed by atoms with Crippen LogP contribution in [-0.4, -0.2) is 49.3 Å². The maximum atomic E-state index is 13.0. The number of methoxy groups -OCH3 is 1. The third-order valence-corrected chi connectivity index (χ3v) is 9.62. The van der Waals surface area contributed by atoms with Crippen LogP contribution in [0, 0.1) is 17.3 Å². The molecular weight excluding hydrogens is 324 g/mol. The number of rotatable bonds is 1. The molecule has 3 aliphatic heterocycles.